The third-order valence-electron chi connectivity index (χ3n) is 2.00. The molecule has 0 atom stereocenters. The van der Waals surface area contributed by atoms with Crippen molar-refractivity contribution < 1.29 is 0 Å². The third kappa shape index (κ3) is 5.95. The van der Waals surface area contributed by atoms with Crippen LogP contribution in [0.4, 0.5) is 0 Å². The van der Waals surface area contributed by atoms with E-state index in [9.17, 15) is 0 Å². The molecule has 0 radical (unpaired) electrons. The second-order valence-corrected chi connectivity index (χ2v) is 3.70. The summed E-state index contributed by atoms with van der Waals surface area (Å²) in [4.78, 5) is 0. The molecule has 0 aliphatic carbocycles. The second kappa shape index (κ2) is 8.10. The van der Waals surface area contributed by atoms with Crippen LogP contribution in [0.5, 0.6) is 0 Å². The zero-order valence-electron chi connectivity index (χ0n) is 10.5. The minimum absolute atomic E-state index is 0.593. The smallest absolute Gasteiger partial charge is 0.0407 e. The lowest BCUT2D eigenvalue weighted by Gasteiger charge is -2.06. The van der Waals surface area contributed by atoms with E-state index in [0.717, 1.165) is 5.70 Å². The maximum absolute atomic E-state index is 3.20. The van der Waals surface area contributed by atoms with Gasteiger partial charge in [-0.1, -0.05) is 44.2 Å². The normalized spacial score (nSPS) is 14.5. The van der Waals surface area contributed by atoms with Gasteiger partial charge in [0.2, 0.25) is 0 Å². The van der Waals surface area contributed by atoms with Crippen LogP contribution in [-0.2, 0) is 0 Å². The Bertz CT molecular complexity index is 278. The molecule has 15 heavy (non-hydrogen) atoms. The van der Waals surface area contributed by atoms with E-state index >= 15 is 0 Å². The van der Waals surface area contributed by atoms with Crippen LogP contribution >= 0.6 is 0 Å². The van der Waals surface area contributed by atoms with Gasteiger partial charge < -0.3 is 5.32 Å². The van der Waals surface area contributed by atoms with E-state index in [1.54, 1.807) is 0 Å². The first kappa shape index (κ1) is 13.8. The summed E-state index contributed by atoms with van der Waals surface area (Å²) >= 11 is 0. The van der Waals surface area contributed by atoms with Gasteiger partial charge in [0.15, 0.2) is 0 Å². The van der Waals surface area contributed by atoms with Gasteiger partial charge in [0.25, 0.3) is 0 Å². The average molecular weight is 205 g/mol. The fraction of sp³-hybridized carbons (Fsp3) is 0.429. The van der Waals surface area contributed by atoms with Gasteiger partial charge in [-0.15, -0.1) is 0 Å². The van der Waals surface area contributed by atoms with Crippen LogP contribution < -0.4 is 5.32 Å². The molecule has 0 unspecified atom stereocenters. The number of hydrogen-bond acceptors (Lipinski definition) is 1. The molecule has 0 saturated heterocycles. The topological polar surface area (TPSA) is 12.0 Å². The molecule has 1 heteroatoms. The van der Waals surface area contributed by atoms with Crippen LogP contribution in [0.2, 0.25) is 0 Å². The van der Waals surface area contributed by atoms with Crippen molar-refractivity contribution in [1.29, 1.82) is 0 Å². The highest BCUT2D eigenvalue weighted by Crippen LogP contribution is 2.08. The number of nitrogens with one attached hydrogen (secondary N) is 1. The van der Waals surface area contributed by atoms with Crippen LogP contribution in [0.1, 0.15) is 27.7 Å². The number of allylic oxidation sites excluding steroid dienone is 6. The van der Waals surface area contributed by atoms with Crippen LogP contribution in [0, 0.1) is 5.92 Å². The van der Waals surface area contributed by atoms with Gasteiger partial charge in [0.05, 0.1) is 0 Å². The molecule has 0 aliphatic heterocycles. The lowest BCUT2D eigenvalue weighted by Crippen LogP contribution is -2.06. The van der Waals surface area contributed by atoms with Crippen LogP contribution in [0.15, 0.2) is 47.7 Å². The summed E-state index contributed by atoms with van der Waals surface area (Å²) in [6.45, 7) is 8.42. The molecule has 0 spiro atoms. The predicted molar refractivity (Wildman–Crippen MR) is 69.7 cm³/mol. The summed E-state index contributed by atoms with van der Waals surface area (Å²) in [6.07, 6.45) is 12.6. The van der Waals surface area contributed by atoms with Gasteiger partial charge in [0.1, 0.15) is 0 Å². The summed E-state index contributed by atoms with van der Waals surface area (Å²) in [6, 6.07) is 0. The van der Waals surface area contributed by atoms with Crippen molar-refractivity contribution in [3.05, 3.63) is 47.7 Å². The molecule has 0 fully saturated rings. The number of hydrogen-bond donors (Lipinski definition) is 1. The molecule has 0 aromatic rings. The van der Waals surface area contributed by atoms with E-state index in [4.69, 9.17) is 0 Å². The van der Waals surface area contributed by atoms with Crippen LogP contribution in [0.3, 0.4) is 0 Å². The maximum atomic E-state index is 3.20. The molecule has 0 bridgehead atoms. The lowest BCUT2D eigenvalue weighted by molar-refractivity contribution is 0.831. The molecule has 1 nitrogen and oxygen atoms in total. The lowest BCUT2D eigenvalue weighted by atomic mass is 10.1. The first-order chi connectivity index (χ1) is 7.15. The standard InChI is InChI=1S/C14H23N/c1-6-9-13(7-2)14(15-5)11-8-10-12(3)4/h6-12,15H,1-5H3/b9-6-,10-8+,13-7-,14-11+. The van der Waals surface area contributed by atoms with Crippen molar-refractivity contribution >= 4 is 0 Å². The molecule has 0 aromatic heterocycles. The van der Waals surface area contributed by atoms with E-state index in [-0.39, 0.29) is 0 Å². The molecule has 0 amide bonds. The Hall–Kier alpha value is -1.24. The number of likely N-dealkylation sites (N-methyl/N-ethyl adjacent to an activating group) is 1. The Balaban J connectivity index is 4.74. The summed E-state index contributed by atoms with van der Waals surface area (Å²) in [7, 11) is 1.95. The van der Waals surface area contributed by atoms with E-state index < -0.39 is 0 Å². The Labute approximate surface area is 94.3 Å². The van der Waals surface area contributed by atoms with Gasteiger partial charge in [-0.25, -0.2) is 0 Å². The maximum Gasteiger partial charge on any atom is 0.0407 e. The molecule has 0 rings (SSSR count). The van der Waals surface area contributed by atoms with E-state index in [2.05, 4.69) is 49.5 Å². The summed E-state index contributed by atoms with van der Waals surface area (Å²) < 4.78 is 0. The zero-order chi connectivity index (χ0) is 11.7. The summed E-state index contributed by atoms with van der Waals surface area (Å²) in [5.74, 6) is 0.593. The average Bonchev–Trinajstić information content (AvgIpc) is 2.21. The van der Waals surface area contributed by atoms with Crippen molar-refractivity contribution in [1.82, 2.24) is 5.32 Å². The minimum Gasteiger partial charge on any atom is -0.388 e. The third-order valence-corrected chi connectivity index (χ3v) is 2.00. The van der Waals surface area contributed by atoms with Gasteiger partial charge in [-0.2, -0.15) is 0 Å². The minimum atomic E-state index is 0.593. The molecule has 84 valence electrons. The molecule has 1 N–H and O–H groups in total. The molecule has 0 heterocycles. The molecule has 0 saturated carbocycles. The van der Waals surface area contributed by atoms with Crippen molar-refractivity contribution in [2.75, 3.05) is 7.05 Å². The number of rotatable bonds is 5. The second-order valence-electron chi connectivity index (χ2n) is 3.70. The Morgan fingerprint density at radius 2 is 1.87 bits per heavy atom. The Morgan fingerprint density at radius 3 is 2.27 bits per heavy atom. The van der Waals surface area contributed by atoms with E-state index in [1.807, 2.05) is 27.0 Å². The van der Waals surface area contributed by atoms with Crippen molar-refractivity contribution in [3.63, 3.8) is 0 Å². The first-order valence-corrected chi connectivity index (χ1v) is 5.51. The Kier molecular flexibility index (Phi) is 7.43. The van der Waals surface area contributed by atoms with E-state index in [1.165, 1.54) is 5.57 Å². The summed E-state index contributed by atoms with van der Waals surface area (Å²) in [5, 5.41) is 3.20. The van der Waals surface area contributed by atoms with Crippen molar-refractivity contribution in [3.8, 4) is 0 Å². The highest BCUT2D eigenvalue weighted by atomic mass is 14.8. The molecular weight excluding hydrogens is 182 g/mol. The monoisotopic (exact) mass is 205 g/mol. The highest BCUT2D eigenvalue weighted by molar-refractivity contribution is 5.39. The van der Waals surface area contributed by atoms with Gasteiger partial charge >= 0.3 is 0 Å². The van der Waals surface area contributed by atoms with Crippen LogP contribution in [0.25, 0.3) is 0 Å². The molecular formula is C14H23N. The predicted octanol–water partition coefficient (Wildman–Crippen LogP) is 3.82. The van der Waals surface area contributed by atoms with Crippen molar-refractivity contribution in [2.24, 2.45) is 5.92 Å². The summed E-state index contributed by atoms with van der Waals surface area (Å²) in [5.41, 5.74) is 2.36. The van der Waals surface area contributed by atoms with Gasteiger partial charge in [-0.3, -0.25) is 0 Å². The molecule has 0 aliphatic rings. The Morgan fingerprint density at radius 1 is 1.20 bits per heavy atom. The van der Waals surface area contributed by atoms with Crippen LogP contribution in [-0.4, -0.2) is 7.05 Å². The quantitative estimate of drug-likeness (QED) is 0.673. The zero-order valence-corrected chi connectivity index (χ0v) is 10.5. The van der Waals surface area contributed by atoms with Gasteiger partial charge in [0, 0.05) is 12.7 Å². The van der Waals surface area contributed by atoms with E-state index in [0.29, 0.717) is 5.92 Å². The molecule has 0 aromatic carbocycles. The van der Waals surface area contributed by atoms with Gasteiger partial charge in [-0.05, 0) is 31.4 Å². The first-order valence-electron chi connectivity index (χ1n) is 5.51. The van der Waals surface area contributed by atoms with Crippen molar-refractivity contribution in [2.45, 2.75) is 27.7 Å². The largest absolute Gasteiger partial charge is 0.388 e. The fourth-order valence-electron chi connectivity index (χ4n) is 1.22. The fourth-order valence-corrected chi connectivity index (χ4v) is 1.22. The SMILES string of the molecule is C\C=C/C(=C/C)C(=C\C=C\C(C)C)/NC. The highest BCUT2D eigenvalue weighted by Gasteiger charge is 1.95.